The van der Waals surface area contributed by atoms with Crippen LogP contribution in [-0.4, -0.2) is 19.1 Å². The normalized spacial score (nSPS) is 24.9. The van der Waals surface area contributed by atoms with Crippen LogP contribution in [0.15, 0.2) is 12.2 Å². The van der Waals surface area contributed by atoms with E-state index in [1.807, 2.05) is 0 Å². The van der Waals surface area contributed by atoms with Crippen LogP contribution in [0.1, 0.15) is 32.1 Å². The second kappa shape index (κ2) is 6.21. The smallest absolute Gasteiger partial charge is 0.0102 e. The third-order valence-corrected chi connectivity index (χ3v) is 2.33. The highest BCUT2D eigenvalue weighted by Gasteiger charge is 2.09. The molecule has 0 aromatic rings. The van der Waals surface area contributed by atoms with Gasteiger partial charge in [-0.3, -0.25) is 0 Å². The van der Waals surface area contributed by atoms with Gasteiger partial charge in [0.05, 0.1) is 0 Å². The van der Waals surface area contributed by atoms with Crippen LogP contribution in [0.5, 0.6) is 0 Å². The molecule has 0 spiro atoms. The highest BCUT2D eigenvalue weighted by molar-refractivity contribution is 4.87. The quantitative estimate of drug-likeness (QED) is 0.623. The van der Waals surface area contributed by atoms with E-state index in [0.29, 0.717) is 0 Å². The molecule has 1 heterocycles. The zero-order valence-corrected chi connectivity index (χ0v) is 7.76. The van der Waals surface area contributed by atoms with Crippen LogP contribution in [0.25, 0.3) is 0 Å². The van der Waals surface area contributed by atoms with Gasteiger partial charge in [-0.2, -0.15) is 0 Å². The van der Waals surface area contributed by atoms with Crippen LogP contribution in [0, 0.1) is 0 Å². The lowest BCUT2D eigenvalue weighted by molar-refractivity contribution is 0.403. The van der Waals surface area contributed by atoms with Crippen molar-refractivity contribution in [3.8, 4) is 0 Å². The van der Waals surface area contributed by atoms with Crippen molar-refractivity contribution in [2.24, 2.45) is 5.73 Å². The average Bonchev–Trinajstić information content (AvgIpc) is 2.14. The summed E-state index contributed by atoms with van der Waals surface area (Å²) in [4.78, 5) is 0. The molecule has 1 atom stereocenters. The molecule has 70 valence electrons. The fraction of sp³-hybridized carbons (Fsp3) is 0.800. The van der Waals surface area contributed by atoms with E-state index in [-0.39, 0.29) is 0 Å². The van der Waals surface area contributed by atoms with E-state index < -0.39 is 0 Å². The van der Waals surface area contributed by atoms with E-state index in [9.17, 15) is 0 Å². The van der Waals surface area contributed by atoms with Crippen molar-refractivity contribution in [2.45, 2.75) is 38.1 Å². The first-order valence-corrected chi connectivity index (χ1v) is 5.02. The summed E-state index contributed by atoms with van der Waals surface area (Å²) in [5, 5.41) is 3.51. The maximum Gasteiger partial charge on any atom is 0.0102 e. The Morgan fingerprint density at radius 1 is 1.33 bits per heavy atom. The molecular weight excluding hydrogens is 148 g/mol. The molecule has 0 aromatic carbocycles. The first kappa shape index (κ1) is 9.75. The van der Waals surface area contributed by atoms with Gasteiger partial charge in [0, 0.05) is 6.04 Å². The molecule has 0 aliphatic carbocycles. The first-order valence-electron chi connectivity index (χ1n) is 5.02. The highest BCUT2D eigenvalue weighted by Crippen LogP contribution is 2.10. The molecule has 1 unspecified atom stereocenters. The minimum absolute atomic E-state index is 0.729. The molecule has 3 N–H and O–H groups in total. The molecule has 0 bridgehead atoms. The van der Waals surface area contributed by atoms with Gasteiger partial charge in [-0.05, 0) is 38.8 Å². The monoisotopic (exact) mass is 168 g/mol. The fourth-order valence-corrected chi connectivity index (χ4v) is 1.60. The molecule has 0 radical (unpaired) electrons. The Hall–Kier alpha value is -0.340. The number of piperidine rings is 1. The number of rotatable bonds is 4. The van der Waals surface area contributed by atoms with E-state index in [2.05, 4.69) is 17.5 Å². The molecule has 1 fully saturated rings. The third kappa shape index (κ3) is 3.88. The molecule has 0 aromatic heterocycles. The fourth-order valence-electron chi connectivity index (χ4n) is 1.60. The first-order chi connectivity index (χ1) is 5.93. The molecule has 12 heavy (non-hydrogen) atoms. The molecule has 1 aliphatic rings. The van der Waals surface area contributed by atoms with E-state index >= 15 is 0 Å². The van der Waals surface area contributed by atoms with Gasteiger partial charge in [0.25, 0.3) is 0 Å². The number of nitrogens with two attached hydrogens (primary N) is 1. The van der Waals surface area contributed by atoms with Gasteiger partial charge >= 0.3 is 0 Å². The van der Waals surface area contributed by atoms with Crippen molar-refractivity contribution in [2.75, 3.05) is 13.1 Å². The molecular formula is C10H20N2. The standard InChI is InChI=1S/C10H20N2/c11-8-4-1-2-6-10-7-3-5-9-12-10/h1-2,10,12H,3-9,11H2/b2-1-. The van der Waals surface area contributed by atoms with Crippen LogP contribution in [0.4, 0.5) is 0 Å². The summed E-state index contributed by atoms with van der Waals surface area (Å²) in [5.74, 6) is 0. The zero-order valence-electron chi connectivity index (χ0n) is 7.76. The summed E-state index contributed by atoms with van der Waals surface area (Å²) in [6.07, 6.45) is 10.7. The molecule has 1 rings (SSSR count). The largest absolute Gasteiger partial charge is 0.330 e. The van der Waals surface area contributed by atoms with Crippen molar-refractivity contribution < 1.29 is 0 Å². The summed E-state index contributed by atoms with van der Waals surface area (Å²) in [6.45, 7) is 1.98. The molecule has 1 saturated heterocycles. The SMILES string of the molecule is NCC/C=C\CC1CCCCN1. The van der Waals surface area contributed by atoms with Crippen molar-refractivity contribution in [1.82, 2.24) is 5.32 Å². The Balaban J connectivity index is 2.04. The van der Waals surface area contributed by atoms with E-state index in [4.69, 9.17) is 5.73 Å². The Kier molecular flexibility index (Phi) is 5.04. The van der Waals surface area contributed by atoms with Gasteiger partial charge in [-0.15, -0.1) is 0 Å². The maximum absolute atomic E-state index is 5.38. The lowest BCUT2D eigenvalue weighted by Gasteiger charge is -2.21. The Labute approximate surface area is 75.2 Å². The zero-order chi connectivity index (χ0) is 8.65. The van der Waals surface area contributed by atoms with E-state index in [1.165, 1.54) is 32.2 Å². The summed E-state index contributed by atoms with van der Waals surface area (Å²) < 4.78 is 0. The lowest BCUT2D eigenvalue weighted by atomic mass is 10.0. The number of hydrogen-bond donors (Lipinski definition) is 2. The van der Waals surface area contributed by atoms with Gasteiger partial charge in [-0.25, -0.2) is 0 Å². The second-order valence-electron chi connectivity index (χ2n) is 3.43. The third-order valence-electron chi connectivity index (χ3n) is 2.33. The Morgan fingerprint density at radius 3 is 2.92 bits per heavy atom. The minimum atomic E-state index is 0.729. The van der Waals surface area contributed by atoms with Crippen LogP contribution < -0.4 is 11.1 Å². The summed E-state index contributed by atoms with van der Waals surface area (Å²) in [6, 6.07) is 0.729. The van der Waals surface area contributed by atoms with Crippen LogP contribution >= 0.6 is 0 Å². The summed E-state index contributed by atoms with van der Waals surface area (Å²) >= 11 is 0. The molecule has 2 heteroatoms. The van der Waals surface area contributed by atoms with Crippen molar-refractivity contribution in [3.63, 3.8) is 0 Å². The van der Waals surface area contributed by atoms with Gasteiger partial charge in [0.15, 0.2) is 0 Å². The van der Waals surface area contributed by atoms with Gasteiger partial charge in [0.2, 0.25) is 0 Å². The van der Waals surface area contributed by atoms with Crippen LogP contribution in [-0.2, 0) is 0 Å². The number of nitrogens with one attached hydrogen (secondary N) is 1. The van der Waals surface area contributed by atoms with Crippen LogP contribution in [0.2, 0.25) is 0 Å². The molecule has 0 saturated carbocycles. The minimum Gasteiger partial charge on any atom is -0.330 e. The van der Waals surface area contributed by atoms with Gasteiger partial charge in [0.1, 0.15) is 0 Å². The summed E-state index contributed by atoms with van der Waals surface area (Å²) in [7, 11) is 0. The van der Waals surface area contributed by atoms with Gasteiger partial charge in [-0.1, -0.05) is 18.6 Å². The predicted molar refractivity (Wildman–Crippen MR) is 53.1 cm³/mol. The number of hydrogen-bond acceptors (Lipinski definition) is 2. The predicted octanol–water partition coefficient (Wildman–Crippen LogP) is 1.42. The van der Waals surface area contributed by atoms with Crippen molar-refractivity contribution in [1.29, 1.82) is 0 Å². The van der Waals surface area contributed by atoms with Gasteiger partial charge < -0.3 is 11.1 Å². The highest BCUT2D eigenvalue weighted by atomic mass is 14.9. The Morgan fingerprint density at radius 2 is 2.25 bits per heavy atom. The average molecular weight is 168 g/mol. The second-order valence-corrected chi connectivity index (χ2v) is 3.43. The van der Waals surface area contributed by atoms with Crippen LogP contribution in [0.3, 0.4) is 0 Å². The van der Waals surface area contributed by atoms with Crippen molar-refractivity contribution >= 4 is 0 Å². The van der Waals surface area contributed by atoms with Crippen molar-refractivity contribution in [3.05, 3.63) is 12.2 Å². The summed E-state index contributed by atoms with van der Waals surface area (Å²) in [5.41, 5.74) is 5.38. The van der Waals surface area contributed by atoms with E-state index in [0.717, 1.165) is 19.0 Å². The Bertz CT molecular complexity index is 126. The topological polar surface area (TPSA) is 38.0 Å². The maximum atomic E-state index is 5.38. The molecule has 0 amide bonds. The van der Waals surface area contributed by atoms with E-state index in [1.54, 1.807) is 0 Å². The molecule has 2 nitrogen and oxygen atoms in total. The molecule has 1 aliphatic heterocycles. The lowest BCUT2D eigenvalue weighted by Crippen LogP contribution is -2.33.